The number of ether oxygens (including phenoxy) is 4. The van der Waals surface area contributed by atoms with E-state index >= 15 is 0 Å². The van der Waals surface area contributed by atoms with Gasteiger partial charge in [-0.25, -0.2) is 13.6 Å². The second-order valence-electron chi connectivity index (χ2n) is 5.46. The maximum atomic E-state index is 13.1. The molecule has 1 heterocycles. The van der Waals surface area contributed by atoms with Crippen molar-refractivity contribution in [2.75, 3.05) is 32.2 Å². The largest absolute Gasteiger partial charge is 0.493 e. The second kappa shape index (κ2) is 7.90. The van der Waals surface area contributed by atoms with Crippen LogP contribution in [0, 0.1) is 11.6 Å². The molecule has 1 N–H and O–H groups in total. The van der Waals surface area contributed by atoms with E-state index in [0.29, 0.717) is 30.5 Å². The van der Waals surface area contributed by atoms with Gasteiger partial charge in [0.1, 0.15) is 13.2 Å². The quantitative estimate of drug-likeness (QED) is 0.804. The Labute approximate surface area is 152 Å². The van der Waals surface area contributed by atoms with Crippen molar-refractivity contribution in [1.82, 2.24) is 0 Å². The lowest BCUT2D eigenvalue weighted by molar-refractivity contribution is -0.119. The molecule has 0 atom stereocenters. The van der Waals surface area contributed by atoms with Crippen molar-refractivity contribution in [2.45, 2.75) is 0 Å². The Kier molecular flexibility index (Phi) is 5.39. The van der Waals surface area contributed by atoms with Gasteiger partial charge < -0.3 is 24.3 Å². The van der Waals surface area contributed by atoms with E-state index in [4.69, 9.17) is 18.9 Å². The van der Waals surface area contributed by atoms with Gasteiger partial charge in [0.05, 0.1) is 12.7 Å². The van der Waals surface area contributed by atoms with Crippen LogP contribution in [-0.2, 0) is 9.53 Å². The van der Waals surface area contributed by atoms with Gasteiger partial charge in [0, 0.05) is 11.8 Å². The molecule has 0 saturated heterocycles. The van der Waals surface area contributed by atoms with Crippen LogP contribution < -0.4 is 19.5 Å². The zero-order chi connectivity index (χ0) is 19.4. The van der Waals surface area contributed by atoms with Crippen LogP contribution in [0.15, 0.2) is 30.3 Å². The fourth-order valence-electron chi connectivity index (χ4n) is 2.38. The molecule has 1 aliphatic heterocycles. The molecule has 0 saturated carbocycles. The van der Waals surface area contributed by atoms with E-state index in [1.165, 1.54) is 25.3 Å². The van der Waals surface area contributed by atoms with Crippen LogP contribution in [0.3, 0.4) is 0 Å². The highest BCUT2D eigenvalue weighted by molar-refractivity contribution is 5.96. The van der Waals surface area contributed by atoms with Gasteiger partial charge in [0.2, 0.25) is 5.75 Å². The average Bonchev–Trinajstić information content (AvgIpc) is 2.68. The number of anilines is 1. The van der Waals surface area contributed by atoms with Crippen molar-refractivity contribution < 1.29 is 37.3 Å². The van der Waals surface area contributed by atoms with Gasteiger partial charge >= 0.3 is 5.97 Å². The number of methoxy groups -OCH3 is 1. The number of fused-ring (bicyclic) bond motifs is 1. The number of benzene rings is 2. The zero-order valence-electron chi connectivity index (χ0n) is 14.2. The maximum absolute atomic E-state index is 13.1. The number of amides is 1. The summed E-state index contributed by atoms with van der Waals surface area (Å²) in [6.45, 7) is 0.0666. The first-order valence-electron chi connectivity index (χ1n) is 7.87. The minimum absolute atomic E-state index is 0.0379. The van der Waals surface area contributed by atoms with Gasteiger partial charge in [-0.2, -0.15) is 0 Å². The van der Waals surface area contributed by atoms with E-state index in [1.54, 1.807) is 0 Å². The summed E-state index contributed by atoms with van der Waals surface area (Å²) in [4.78, 5) is 24.0. The first-order valence-corrected chi connectivity index (χ1v) is 7.87. The summed E-state index contributed by atoms with van der Waals surface area (Å²) in [5, 5.41) is 2.30. The third-order valence-electron chi connectivity index (χ3n) is 3.60. The van der Waals surface area contributed by atoms with E-state index < -0.39 is 30.1 Å². The van der Waals surface area contributed by atoms with Crippen molar-refractivity contribution in [3.05, 3.63) is 47.5 Å². The third kappa shape index (κ3) is 4.25. The van der Waals surface area contributed by atoms with Gasteiger partial charge in [-0.1, -0.05) is 0 Å². The van der Waals surface area contributed by atoms with Crippen LogP contribution >= 0.6 is 0 Å². The monoisotopic (exact) mass is 379 g/mol. The predicted octanol–water partition coefficient (Wildman–Crippen LogP) is 2.54. The highest BCUT2D eigenvalue weighted by atomic mass is 19.2. The van der Waals surface area contributed by atoms with E-state index in [2.05, 4.69) is 5.32 Å². The second-order valence-corrected chi connectivity index (χ2v) is 5.46. The summed E-state index contributed by atoms with van der Waals surface area (Å²) in [7, 11) is 1.41. The molecule has 7 nitrogen and oxygen atoms in total. The lowest BCUT2D eigenvalue weighted by Crippen LogP contribution is -2.21. The predicted molar refractivity (Wildman–Crippen MR) is 89.3 cm³/mol. The van der Waals surface area contributed by atoms with Gasteiger partial charge in [-0.3, -0.25) is 4.79 Å². The van der Waals surface area contributed by atoms with Crippen molar-refractivity contribution in [1.29, 1.82) is 0 Å². The first kappa shape index (κ1) is 18.4. The molecule has 2 aromatic rings. The summed E-state index contributed by atoms with van der Waals surface area (Å²) >= 11 is 0. The Morgan fingerprint density at radius 3 is 2.63 bits per heavy atom. The molecule has 0 unspecified atom stereocenters. The van der Waals surface area contributed by atoms with Crippen LogP contribution in [0.4, 0.5) is 14.5 Å². The van der Waals surface area contributed by atoms with E-state index in [0.717, 1.165) is 12.1 Å². The summed E-state index contributed by atoms with van der Waals surface area (Å²) in [5.74, 6) is -2.62. The summed E-state index contributed by atoms with van der Waals surface area (Å²) in [6.07, 6.45) is 0. The highest BCUT2D eigenvalue weighted by Crippen LogP contribution is 2.40. The molecule has 0 aromatic heterocycles. The van der Waals surface area contributed by atoms with Gasteiger partial charge in [0.15, 0.2) is 29.7 Å². The molecule has 1 amide bonds. The zero-order valence-corrected chi connectivity index (χ0v) is 14.2. The lowest BCUT2D eigenvalue weighted by atomic mass is 10.1. The van der Waals surface area contributed by atoms with Gasteiger partial charge in [-0.15, -0.1) is 0 Å². The van der Waals surface area contributed by atoms with Crippen LogP contribution in [0.5, 0.6) is 17.2 Å². The number of hydrogen-bond acceptors (Lipinski definition) is 6. The molecule has 27 heavy (non-hydrogen) atoms. The minimum atomic E-state index is -1.10. The van der Waals surface area contributed by atoms with Crippen molar-refractivity contribution in [3.63, 3.8) is 0 Å². The number of carbonyl (C=O) groups is 2. The molecule has 0 aliphatic carbocycles. The first-order chi connectivity index (χ1) is 13.0. The summed E-state index contributed by atoms with van der Waals surface area (Å²) in [5.41, 5.74) is 0.146. The van der Waals surface area contributed by atoms with Crippen molar-refractivity contribution in [2.24, 2.45) is 0 Å². The van der Waals surface area contributed by atoms with Crippen LogP contribution in [-0.4, -0.2) is 38.8 Å². The Bertz CT molecular complexity index is 869. The number of esters is 1. The molecule has 0 fully saturated rings. The molecular formula is C18H15F2NO6. The number of hydrogen-bond donors (Lipinski definition) is 1. The fraction of sp³-hybridized carbons (Fsp3) is 0.222. The number of rotatable bonds is 5. The van der Waals surface area contributed by atoms with Crippen LogP contribution in [0.1, 0.15) is 10.4 Å². The standard InChI is InChI=1S/C18H15F2NO6/c1-24-14-6-10(7-15-17(14)26-5-4-25-15)18(23)27-9-16(22)21-11-2-3-12(19)13(20)8-11/h2-3,6-8H,4-5,9H2,1H3,(H,21,22). The molecule has 3 rings (SSSR count). The average molecular weight is 379 g/mol. The molecule has 1 aliphatic rings. The third-order valence-corrected chi connectivity index (χ3v) is 3.60. The SMILES string of the molecule is COc1cc(C(=O)OCC(=O)Nc2ccc(F)c(F)c2)cc2c1OCCO2. The molecule has 9 heteroatoms. The molecule has 0 bridgehead atoms. The molecular weight excluding hydrogens is 364 g/mol. The van der Waals surface area contributed by atoms with E-state index in [9.17, 15) is 18.4 Å². The summed E-state index contributed by atoms with van der Waals surface area (Å²) < 4.78 is 47.0. The molecule has 142 valence electrons. The minimum Gasteiger partial charge on any atom is -0.493 e. The molecule has 0 radical (unpaired) electrons. The Morgan fingerprint density at radius 2 is 1.89 bits per heavy atom. The lowest BCUT2D eigenvalue weighted by Gasteiger charge is -2.21. The summed E-state index contributed by atoms with van der Waals surface area (Å²) in [6, 6.07) is 5.71. The van der Waals surface area contributed by atoms with Crippen LogP contribution in [0.25, 0.3) is 0 Å². The van der Waals surface area contributed by atoms with Crippen LogP contribution in [0.2, 0.25) is 0 Å². The van der Waals surface area contributed by atoms with Crippen molar-refractivity contribution in [3.8, 4) is 17.2 Å². The molecule has 0 spiro atoms. The smallest absolute Gasteiger partial charge is 0.338 e. The molecule has 2 aromatic carbocycles. The topological polar surface area (TPSA) is 83.1 Å². The van der Waals surface area contributed by atoms with Gasteiger partial charge in [-0.05, 0) is 24.3 Å². The Hall–Kier alpha value is -3.36. The Balaban J connectivity index is 1.63. The van der Waals surface area contributed by atoms with Crippen molar-refractivity contribution >= 4 is 17.6 Å². The van der Waals surface area contributed by atoms with E-state index in [-0.39, 0.29) is 11.3 Å². The van der Waals surface area contributed by atoms with E-state index in [1.807, 2.05) is 0 Å². The van der Waals surface area contributed by atoms with Gasteiger partial charge in [0.25, 0.3) is 5.91 Å². The maximum Gasteiger partial charge on any atom is 0.338 e. The number of carbonyl (C=O) groups excluding carboxylic acids is 2. The fourth-order valence-corrected chi connectivity index (χ4v) is 2.38. The number of halogens is 2. The Morgan fingerprint density at radius 1 is 1.11 bits per heavy atom. The normalized spacial score (nSPS) is 12.3. The highest BCUT2D eigenvalue weighted by Gasteiger charge is 2.22. The number of nitrogens with one attached hydrogen (secondary N) is 1.